The zero-order valence-electron chi connectivity index (χ0n) is 18.3. The van der Waals surface area contributed by atoms with Crippen molar-refractivity contribution in [1.29, 1.82) is 0 Å². The molecule has 0 radical (unpaired) electrons. The van der Waals surface area contributed by atoms with Crippen LogP contribution in [-0.4, -0.2) is 60.6 Å². The third kappa shape index (κ3) is 3.64. The number of benzene rings is 1. The van der Waals surface area contributed by atoms with Gasteiger partial charge in [0, 0.05) is 31.7 Å². The van der Waals surface area contributed by atoms with Gasteiger partial charge in [0.2, 0.25) is 0 Å². The molecule has 30 heavy (non-hydrogen) atoms. The van der Waals surface area contributed by atoms with Gasteiger partial charge in [0.15, 0.2) is 0 Å². The molecule has 5 nitrogen and oxygen atoms in total. The van der Waals surface area contributed by atoms with Crippen molar-refractivity contribution in [2.24, 2.45) is 5.92 Å². The maximum Gasteiger partial charge on any atom is 0.318 e. The second kappa shape index (κ2) is 8.88. The lowest BCUT2D eigenvalue weighted by Gasteiger charge is -2.50. The van der Waals surface area contributed by atoms with Crippen LogP contribution in [0.1, 0.15) is 63.4 Å². The van der Waals surface area contributed by atoms with Gasteiger partial charge in [-0.3, -0.25) is 0 Å². The smallest absolute Gasteiger partial charge is 0.318 e. The van der Waals surface area contributed by atoms with E-state index in [9.17, 15) is 4.79 Å². The molecule has 1 aromatic carbocycles. The third-order valence-corrected chi connectivity index (χ3v) is 8.40. The zero-order chi connectivity index (χ0) is 20.4. The number of hydrogen-bond donors (Lipinski definition) is 2. The first kappa shape index (κ1) is 20.3. The van der Waals surface area contributed by atoms with Gasteiger partial charge in [0.25, 0.3) is 0 Å². The lowest BCUT2D eigenvalue weighted by molar-refractivity contribution is 0.0127. The number of nitrogens with one attached hydrogen (secondary N) is 2. The monoisotopic (exact) mass is 410 g/mol. The summed E-state index contributed by atoms with van der Waals surface area (Å²) in [5.41, 5.74) is 1.18. The Morgan fingerprint density at radius 2 is 1.53 bits per heavy atom. The van der Waals surface area contributed by atoms with Gasteiger partial charge in [0.1, 0.15) is 0 Å². The average Bonchev–Trinajstić information content (AvgIpc) is 3.19. The fourth-order valence-corrected chi connectivity index (χ4v) is 6.86. The van der Waals surface area contributed by atoms with Gasteiger partial charge in [-0.2, -0.15) is 0 Å². The molecule has 4 fully saturated rings. The largest absolute Gasteiger partial charge is 0.335 e. The normalized spacial score (nSPS) is 30.5. The molecule has 5 rings (SSSR count). The highest BCUT2D eigenvalue weighted by molar-refractivity contribution is 5.79. The highest BCUT2D eigenvalue weighted by Gasteiger charge is 2.54. The fraction of sp³-hybridized carbons (Fsp3) is 0.720. The number of carbonyl (C=O) groups excluding carboxylic acids is 1. The number of carbonyl (C=O) groups is 1. The van der Waals surface area contributed by atoms with Crippen LogP contribution >= 0.6 is 0 Å². The van der Waals surface area contributed by atoms with E-state index in [1.54, 1.807) is 0 Å². The minimum atomic E-state index is -0.166. The summed E-state index contributed by atoms with van der Waals surface area (Å²) in [6.07, 6.45) is 11.2. The van der Waals surface area contributed by atoms with Crippen molar-refractivity contribution >= 4 is 6.03 Å². The summed E-state index contributed by atoms with van der Waals surface area (Å²) in [5, 5.41) is 6.78. The summed E-state index contributed by atoms with van der Waals surface area (Å²) in [4.78, 5) is 18.3. The Balaban J connectivity index is 1.40. The minimum Gasteiger partial charge on any atom is -0.335 e. The molecule has 2 amide bonds. The number of hydrogen-bond acceptors (Lipinski definition) is 3. The summed E-state index contributed by atoms with van der Waals surface area (Å²) >= 11 is 0. The van der Waals surface area contributed by atoms with E-state index in [1.807, 2.05) is 0 Å². The van der Waals surface area contributed by atoms with Gasteiger partial charge in [-0.25, -0.2) is 4.79 Å². The molecular formula is C25H38N4O. The Labute approximate surface area is 181 Å². The van der Waals surface area contributed by atoms with E-state index < -0.39 is 0 Å². The molecule has 5 heteroatoms. The molecule has 1 aliphatic carbocycles. The average molecular weight is 411 g/mol. The van der Waals surface area contributed by atoms with E-state index >= 15 is 0 Å². The molecule has 164 valence electrons. The first-order valence-electron chi connectivity index (χ1n) is 12.4. The summed E-state index contributed by atoms with van der Waals surface area (Å²) in [7, 11) is 0. The molecule has 1 atom stereocenters. The van der Waals surface area contributed by atoms with Crippen molar-refractivity contribution in [2.45, 2.75) is 75.4 Å². The molecule has 1 aromatic rings. The van der Waals surface area contributed by atoms with E-state index in [2.05, 4.69) is 50.8 Å². The Hall–Kier alpha value is -1.59. The number of urea groups is 1. The number of likely N-dealkylation sites (tertiary alicyclic amines) is 1. The zero-order valence-corrected chi connectivity index (χ0v) is 18.3. The maximum absolute atomic E-state index is 13.3. The van der Waals surface area contributed by atoms with Gasteiger partial charge < -0.3 is 20.4 Å². The number of amides is 2. The van der Waals surface area contributed by atoms with Crippen LogP contribution in [0.4, 0.5) is 4.79 Å². The van der Waals surface area contributed by atoms with E-state index in [4.69, 9.17) is 0 Å². The van der Waals surface area contributed by atoms with Crippen LogP contribution < -0.4 is 10.6 Å². The van der Waals surface area contributed by atoms with Gasteiger partial charge in [0.05, 0.1) is 5.54 Å². The Morgan fingerprint density at radius 3 is 2.23 bits per heavy atom. The molecule has 4 aliphatic rings. The molecule has 0 unspecified atom stereocenters. The van der Waals surface area contributed by atoms with Crippen LogP contribution in [-0.2, 0) is 5.54 Å². The standard InChI is InChI=1S/C25H38N4O/c30-24-27-19-25(20-7-3-1-4-8-20,21-9-5-2-6-10-21)29(24)23-13-17-28(18-14-23)22-11-15-26-16-12-22/h1,3-4,7-8,21-23,26H,2,5-6,9-19H2,(H,27,30)/t25-/m0/s1. The van der Waals surface area contributed by atoms with Crippen molar-refractivity contribution in [3.63, 3.8) is 0 Å². The summed E-state index contributed by atoms with van der Waals surface area (Å²) in [6.45, 7) is 5.34. The topological polar surface area (TPSA) is 47.6 Å². The molecule has 3 saturated heterocycles. The summed E-state index contributed by atoms with van der Waals surface area (Å²) in [6, 6.07) is 12.2. The van der Waals surface area contributed by atoms with E-state index in [-0.39, 0.29) is 11.6 Å². The molecule has 3 aliphatic heterocycles. The van der Waals surface area contributed by atoms with Crippen molar-refractivity contribution in [3.05, 3.63) is 35.9 Å². The van der Waals surface area contributed by atoms with Crippen LogP contribution in [0.5, 0.6) is 0 Å². The molecule has 0 spiro atoms. The third-order valence-electron chi connectivity index (χ3n) is 8.40. The number of piperidine rings is 2. The molecule has 2 N–H and O–H groups in total. The number of rotatable bonds is 4. The van der Waals surface area contributed by atoms with E-state index in [0.29, 0.717) is 12.0 Å². The second-order valence-electron chi connectivity index (χ2n) is 9.90. The van der Waals surface area contributed by atoms with Crippen molar-refractivity contribution in [1.82, 2.24) is 20.4 Å². The van der Waals surface area contributed by atoms with Crippen molar-refractivity contribution in [3.8, 4) is 0 Å². The van der Waals surface area contributed by atoms with Crippen LogP contribution in [0.2, 0.25) is 0 Å². The SMILES string of the molecule is O=C1NC[C@](c2ccccc2)(C2CCCCC2)N1C1CCN(C2CCNCC2)CC1. The van der Waals surface area contributed by atoms with Crippen LogP contribution in [0.25, 0.3) is 0 Å². The fourth-order valence-electron chi connectivity index (χ4n) is 6.86. The summed E-state index contributed by atoms with van der Waals surface area (Å²) < 4.78 is 0. The highest BCUT2D eigenvalue weighted by Crippen LogP contribution is 2.47. The maximum atomic E-state index is 13.3. The first-order valence-corrected chi connectivity index (χ1v) is 12.4. The van der Waals surface area contributed by atoms with Crippen LogP contribution in [0.15, 0.2) is 30.3 Å². The highest BCUT2D eigenvalue weighted by atomic mass is 16.2. The molecular weight excluding hydrogens is 372 g/mol. The lowest BCUT2D eigenvalue weighted by atomic mass is 9.69. The predicted octanol–water partition coefficient (Wildman–Crippen LogP) is 3.70. The van der Waals surface area contributed by atoms with E-state index in [0.717, 1.165) is 51.6 Å². The lowest BCUT2D eigenvalue weighted by Crippen LogP contribution is -2.58. The summed E-state index contributed by atoms with van der Waals surface area (Å²) in [5.74, 6) is 0.565. The molecule has 0 aromatic heterocycles. The molecule has 0 bridgehead atoms. The molecule has 3 heterocycles. The predicted molar refractivity (Wildman–Crippen MR) is 120 cm³/mol. The van der Waals surface area contributed by atoms with Crippen molar-refractivity contribution < 1.29 is 4.79 Å². The van der Waals surface area contributed by atoms with E-state index in [1.165, 1.54) is 50.5 Å². The van der Waals surface area contributed by atoms with Gasteiger partial charge in [-0.05, 0) is 63.1 Å². The van der Waals surface area contributed by atoms with Gasteiger partial charge >= 0.3 is 6.03 Å². The quantitative estimate of drug-likeness (QED) is 0.796. The van der Waals surface area contributed by atoms with Crippen LogP contribution in [0.3, 0.4) is 0 Å². The van der Waals surface area contributed by atoms with Crippen molar-refractivity contribution in [2.75, 3.05) is 32.7 Å². The first-order chi connectivity index (χ1) is 14.8. The van der Waals surface area contributed by atoms with Gasteiger partial charge in [-0.15, -0.1) is 0 Å². The van der Waals surface area contributed by atoms with Crippen LogP contribution in [0, 0.1) is 5.92 Å². The Morgan fingerprint density at radius 1 is 0.833 bits per heavy atom. The Kier molecular flexibility index (Phi) is 6.01. The Bertz CT molecular complexity index is 705. The molecule has 1 saturated carbocycles. The number of nitrogens with zero attached hydrogens (tertiary/aromatic N) is 2. The second-order valence-corrected chi connectivity index (χ2v) is 9.90. The van der Waals surface area contributed by atoms with Gasteiger partial charge in [-0.1, -0.05) is 49.6 Å². The minimum absolute atomic E-state index is 0.166.